The van der Waals surface area contributed by atoms with E-state index < -0.39 is 0 Å². The van der Waals surface area contributed by atoms with Gasteiger partial charge in [0.2, 0.25) is 0 Å². The summed E-state index contributed by atoms with van der Waals surface area (Å²) in [4.78, 5) is 15.0. The summed E-state index contributed by atoms with van der Waals surface area (Å²) >= 11 is 0. The minimum absolute atomic E-state index is 0.982. The third-order valence-electron chi connectivity index (χ3n) is 2.96. The molecule has 0 spiro atoms. The van der Waals surface area contributed by atoms with Gasteiger partial charge in [-0.2, -0.15) is 0 Å². The van der Waals surface area contributed by atoms with Crippen LogP contribution in [0, 0.1) is 0 Å². The van der Waals surface area contributed by atoms with Gasteiger partial charge in [-0.05, 0) is 17.5 Å². The Bertz CT molecular complexity index is 744. The average molecular weight is 208 g/mol. The van der Waals surface area contributed by atoms with Crippen molar-refractivity contribution in [3.8, 4) is 0 Å². The highest BCUT2D eigenvalue weighted by Gasteiger charge is 2.08. The Morgan fingerprint density at radius 3 is 1.88 bits per heavy atom. The van der Waals surface area contributed by atoms with Crippen molar-refractivity contribution in [2.45, 2.75) is 0 Å². The Balaban J connectivity index is 2.44. The number of hydrogen-bond acceptors (Lipinski definition) is 2. The first-order chi connectivity index (χ1) is 7.93. The zero-order chi connectivity index (χ0) is 10.5. The van der Waals surface area contributed by atoms with Gasteiger partial charge >= 0.3 is 0 Å². The van der Waals surface area contributed by atoms with Crippen molar-refractivity contribution in [1.29, 1.82) is 0 Å². The summed E-state index contributed by atoms with van der Waals surface area (Å²) in [6.45, 7) is 0. The molecular weight excluding hydrogens is 200 g/mol. The lowest BCUT2D eigenvalue weighted by Crippen LogP contribution is -1.79. The van der Waals surface area contributed by atoms with Crippen LogP contribution in [0.25, 0.3) is 32.8 Å². The lowest BCUT2D eigenvalue weighted by atomic mass is 10.1. The van der Waals surface area contributed by atoms with Crippen LogP contribution in [0.1, 0.15) is 0 Å². The van der Waals surface area contributed by atoms with E-state index in [0.29, 0.717) is 0 Å². The zero-order valence-corrected chi connectivity index (χ0v) is 8.36. The van der Waals surface area contributed by atoms with Gasteiger partial charge in [-0.25, -0.2) is 9.97 Å². The highest BCUT2D eigenvalue weighted by atomic mass is 14.9. The van der Waals surface area contributed by atoms with E-state index in [4.69, 9.17) is 0 Å². The molecule has 0 saturated carbocycles. The average Bonchev–Trinajstić information content (AvgIpc) is 2.96. The Hall–Kier alpha value is -2.36. The summed E-state index contributed by atoms with van der Waals surface area (Å²) in [5.74, 6) is 0. The van der Waals surface area contributed by atoms with Crippen molar-refractivity contribution in [2.24, 2.45) is 0 Å². The number of imidazole rings is 2. The second-order valence-corrected chi connectivity index (χ2v) is 3.83. The number of fused-ring (bicyclic) bond motifs is 5. The van der Waals surface area contributed by atoms with Gasteiger partial charge in [0.1, 0.15) is 0 Å². The molecule has 0 bridgehead atoms. The van der Waals surface area contributed by atoms with Crippen LogP contribution in [0.4, 0.5) is 0 Å². The Morgan fingerprint density at radius 1 is 0.750 bits per heavy atom. The fourth-order valence-electron chi connectivity index (χ4n) is 2.22. The number of benzene rings is 2. The summed E-state index contributed by atoms with van der Waals surface area (Å²) in [5, 5.41) is 2.27. The highest BCUT2D eigenvalue weighted by Crippen LogP contribution is 2.28. The molecule has 0 unspecified atom stereocenters. The normalized spacial score (nSPS) is 11.8. The number of nitrogens with zero attached hydrogens (tertiary/aromatic N) is 2. The van der Waals surface area contributed by atoms with Gasteiger partial charge in [-0.3, -0.25) is 0 Å². The lowest BCUT2D eigenvalue weighted by molar-refractivity contribution is 1.34. The highest BCUT2D eigenvalue weighted by molar-refractivity contribution is 6.16. The molecule has 4 heteroatoms. The molecule has 0 aliphatic heterocycles. The van der Waals surface area contributed by atoms with E-state index >= 15 is 0 Å². The Labute approximate surface area is 90.3 Å². The molecule has 0 aliphatic carbocycles. The third kappa shape index (κ3) is 0.839. The summed E-state index contributed by atoms with van der Waals surface area (Å²) in [6, 6.07) is 8.26. The van der Waals surface area contributed by atoms with Crippen LogP contribution >= 0.6 is 0 Å². The Kier molecular flexibility index (Phi) is 1.28. The van der Waals surface area contributed by atoms with Crippen molar-refractivity contribution in [3.05, 3.63) is 36.9 Å². The minimum atomic E-state index is 0.982. The second kappa shape index (κ2) is 2.61. The number of H-pyrrole nitrogens is 2. The monoisotopic (exact) mass is 208 g/mol. The lowest BCUT2D eigenvalue weighted by Gasteiger charge is -1.99. The van der Waals surface area contributed by atoms with Crippen LogP contribution < -0.4 is 0 Å². The SMILES string of the molecule is c1nc2c(ccc3ccc4[nH]cnc4c32)[nH]1. The number of aromatic nitrogens is 4. The van der Waals surface area contributed by atoms with Gasteiger partial charge in [0, 0.05) is 5.39 Å². The van der Waals surface area contributed by atoms with E-state index in [-0.39, 0.29) is 0 Å². The summed E-state index contributed by atoms with van der Waals surface area (Å²) in [5.41, 5.74) is 4.05. The third-order valence-corrected chi connectivity index (χ3v) is 2.96. The molecule has 0 radical (unpaired) electrons. The van der Waals surface area contributed by atoms with Gasteiger partial charge in [-0.15, -0.1) is 0 Å². The maximum atomic E-state index is 4.37. The molecule has 0 saturated heterocycles. The molecule has 4 nitrogen and oxygen atoms in total. The summed E-state index contributed by atoms with van der Waals surface area (Å²) in [6.07, 6.45) is 3.44. The first-order valence-electron chi connectivity index (χ1n) is 5.11. The molecule has 4 aromatic rings. The standard InChI is InChI=1S/C12H8N4/c1-3-8-11(15-5-13-8)10-7(1)2-4-9-12(10)16-6-14-9/h1-6H,(H,13,15)(H,14,16). The van der Waals surface area contributed by atoms with Gasteiger partial charge < -0.3 is 9.97 Å². The number of nitrogens with one attached hydrogen (secondary N) is 2. The van der Waals surface area contributed by atoms with Crippen LogP contribution in [-0.2, 0) is 0 Å². The maximum Gasteiger partial charge on any atom is 0.0983 e. The molecule has 0 fully saturated rings. The Morgan fingerprint density at radius 2 is 1.31 bits per heavy atom. The number of hydrogen-bond donors (Lipinski definition) is 2. The molecular formula is C12H8N4. The van der Waals surface area contributed by atoms with Crippen molar-refractivity contribution < 1.29 is 0 Å². The molecule has 2 N–H and O–H groups in total. The van der Waals surface area contributed by atoms with Gasteiger partial charge in [-0.1, -0.05) is 12.1 Å². The largest absolute Gasteiger partial charge is 0.345 e. The van der Waals surface area contributed by atoms with Crippen LogP contribution in [0.5, 0.6) is 0 Å². The second-order valence-electron chi connectivity index (χ2n) is 3.83. The molecule has 0 aliphatic rings. The molecule has 2 aromatic heterocycles. The topological polar surface area (TPSA) is 57.4 Å². The summed E-state index contributed by atoms with van der Waals surface area (Å²) in [7, 11) is 0. The van der Waals surface area contributed by atoms with E-state index in [2.05, 4.69) is 32.1 Å². The van der Waals surface area contributed by atoms with Gasteiger partial charge in [0.25, 0.3) is 0 Å². The number of rotatable bonds is 0. The zero-order valence-electron chi connectivity index (χ0n) is 8.36. The fourth-order valence-corrected chi connectivity index (χ4v) is 2.22. The fraction of sp³-hybridized carbons (Fsp3) is 0. The molecule has 4 rings (SSSR count). The predicted octanol–water partition coefficient (Wildman–Crippen LogP) is 2.59. The van der Waals surface area contributed by atoms with Gasteiger partial charge in [0.05, 0.1) is 34.7 Å². The molecule has 2 heterocycles. The summed E-state index contributed by atoms with van der Waals surface area (Å²) < 4.78 is 0. The molecule has 16 heavy (non-hydrogen) atoms. The van der Waals surface area contributed by atoms with Crippen LogP contribution in [-0.4, -0.2) is 19.9 Å². The smallest absolute Gasteiger partial charge is 0.0983 e. The van der Waals surface area contributed by atoms with Crippen LogP contribution in [0.15, 0.2) is 36.9 Å². The number of aromatic amines is 2. The maximum absolute atomic E-state index is 4.37. The van der Waals surface area contributed by atoms with Crippen LogP contribution in [0.3, 0.4) is 0 Å². The molecule has 2 aromatic carbocycles. The molecule has 76 valence electrons. The quantitative estimate of drug-likeness (QED) is 0.466. The van der Waals surface area contributed by atoms with Gasteiger partial charge in [0.15, 0.2) is 0 Å². The minimum Gasteiger partial charge on any atom is -0.345 e. The van der Waals surface area contributed by atoms with E-state index in [9.17, 15) is 0 Å². The van der Waals surface area contributed by atoms with Crippen LogP contribution in [0.2, 0.25) is 0 Å². The van der Waals surface area contributed by atoms with E-state index in [1.165, 1.54) is 5.39 Å². The van der Waals surface area contributed by atoms with Crippen molar-refractivity contribution in [2.75, 3.05) is 0 Å². The molecule has 0 atom stereocenters. The first-order valence-corrected chi connectivity index (χ1v) is 5.11. The van der Waals surface area contributed by atoms with E-state index in [1.807, 2.05) is 12.1 Å². The molecule has 0 amide bonds. The van der Waals surface area contributed by atoms with Crippen molar-refractivity contribution >= 4 is 32.8 Å². The van der Waals surface area contributed by atoms with E-state index in [0.717, 1.165) is 27.5 Å². The predicted molar refractivity (Wildman–Crippen MR) is 63.3 cm³/mol. The van der Waals surface area contributed by atoms with E-state index in [1.54, 1.807) is 12.7 Å². The van der Waals surface area contributed by atoms with Crippen molar-refractivity contribution in [1.82, 2.24) is 19.9 Å². The van der Waals surface area contributed by atoms with Crippen molar-refractivity contribution in [3.63, 3.8) is 0 Å². The first kappa shape index (κ1) is 7.87.